The molecular formula is C20H25N7O. The van der Waals surface area contributed by atoms with Crippen molar-refractivity contribution < 1.29 is 4.79 Å². The number of hydrogen-bond donors (Lipinski definition) is 1. The summed E-state index contributed by atoms with van der Waals surface area (Å²) in [4.78, 5) is 25.6. The molecule has 1 fully saturated rings. The number of benzene rings is 1. The number of para-hydroxylation sites is 1. The predicted molar refractivity (Wildman–Crippen MR) is 109 cm³/mol. The summed E-state index contributed by atoms with van der Waals surface area (Å²) in [5, 5.41) is 8.43. The zero-order chi connectivity index (χ0) is 19.7. The largest absolute Gasteiger partial charge is 0.352 e. The van der Waals surface area contributed by atoms with Gasteiger partial charge in [-0.1, -0.05) is 18.2 Å². The minimum atomic E-state index is -0.00411. The lowest BCUT2D eigenvalue weighted by molar-refractivity contribution is 0.192. The van der Waals surface area contributed by atoms with Crippen molar-refractivity contribution in [1.82, 2.24) is 30.0 Å². The third kappa shape index (κ3) is 3.49. The summed E-state index contributed by atoms with van der Waals surface area (Å²) in [6, 6.07) is 10.1. The Morgan fingerprint density at radius 1 is 1.07 bits per heavy atom. The van der Waals surface area contributed by atoms with Crippen molar-refractivity contribution in [2.45, 2.75) is 26.8 Å². The van der Waals surface area contributed by atoms with Crippen molar-refractivity contribution in [3.63, 3.8) is 0 Å². The van der Waals surface area contributed by atoms with Crippen molar-refractivity contribution in [2.75, 3.05) is 31.1 Å². The van der Waals surface area contributed by atoms with Crippen molar-refractivity contribution in [3.05, 3.63) is 42.4 Å². The minimum absolute atomic E-state index is 0.00411. The number of piperazine rings is 1. The SMILES string of the molecule is Cc1nc(N2CCN(C(=O)NC(C)C)CC2)c2cnn(-c3ccccc3)c2n1. The van der Waals surface area contributed by atoms with Gasteiger partial charge in [-0.3, -0.25) is 0 Å². The van der Waals surface area contributed by atoms with E-state index < -0.39 is 0 Å². The average molecular weight is 379 g/mol. The van der Waals surface area contributed by atoms with Gasteiger partial charge in [0.15, 0.2) is 5.65 Å². The number of carbonyl (C=O) groups is 1. The maximum atomic E-state index is 12.2. The van der Waals surface area contributed by atoms with Gasteiger partial charge >= 0.3 is 6.03 Å². The van der Waals surface area contributed by atoms with Gasteiger partial charge in [-0.2, -0.15) is 5.10 Å². The van der Waals surface area contributed by atoms with Gasteiger partial charge in [0, 0.05) is 32.2 Å². The first-order valence-electron chi connectivity index (χ1n) is 9.61. The number of nitrogens with one attached hydrogen (secondary N) is 1. The molecule has 3 heterocycles. The van der Waals surface area contributed by atoms with Gasteiger partial charge in [-0.15, -0.1) is 0 Å². The number of aryl methyl sites for hydroxylation is 1. The second-order valence-electron chi connectivity index (χ2n) is 7.30. The van der Waals surface area contributed by atoms with E-state index in [0.29, 0.717) is 18.9 Å². The molecule has 0 saturated carbocycles. The molecule has 1 aromatic carbocycles. The number of nitrogens with zero attached hydrogens (tertiary/aromatic N) is 6. The van der Waals surface area contributed by atoms with Crippen molar-refractivity contribution in [1.29, 1.82) is 0 Å². The summed E-state index contributed by atoms with van der Waals surface area (Å²) in [5.74, 6) is 1.59. The molecule has 1 N–H and O–H groups in total. The molecule has 2 amide bonds. The quantitative estimate of drug-likeness (QED) is 0.756. The maximum absolute atomic E-state index is 12.2. The summed E-state index contributed by atoms with van der Waals surface area (Å²) in [6.07, 6.45) is 1.83. The third-order valence-corrected chi connectivity index (χ3v) is 4.80. The molecule has 0 atom stereocenters. The molecule has 8 heteroatoms. The Kier molecular flexibility index (Phi) is 4.85. The highest BCUT2D eigenvalue weighted by Gasteiger charge is 2.24. The smallest absolute Gasteiger partial charge is 0.317 e. The number of fused-ring (bicyclic) bond motifs is 1. The first-order valence-corrected chi connectivity index (χ1v) is 9.61. The van der Waals surface area contributed by atoms with E-state index in [1.54, 1.807) is 0 Å². The first-order chi connectivity index (χ1) is 13.5. The number of aromatic nitrogens is 4. The van der Waals surface area contributed by atoms with E-state index in [1.165, 1.54) is 0 Å². The van der Waals surface area contributed by atoms with Gasteiger partial charge in [0.25, 0.3) is 0 Å². The van der Waals surface area contributed by atoms with E-state index in [0.717, 1.165) is 35.6 Å². The van der Waals surface area contributed by atoms with Crippen LogP contribution in [0.1, 0.15) is 19.7 Å². The number of urea groups is 1. The lowest BCUT2D eigenvalue weighted by Gasteiger charge is -2.36. The first kappa shape index (κ1) is 18.2. The van der Waals surface area contributed by atoms with Gasteiger partial charge in [0.2, 0.25) is 0 Å². The number of rotatable bonds is 3. The highest BCUT2D eigenvalue weighted by atomic mass is 16.2. The second kappa shape index (κ2) is 7.46. The van der Waals surface area contributed by atoms with E-state index in [2.05, 4.69) is 20.3 Å². The number of hydrogen-bond acceptors (Lipinski definition) is 5. The third-order valence-electron chi connectivity index (χ3n) is 4.80. The highest BCUT2D eigenvalue weighted by molar-refractivity contribution is 5.88. The summed E-state index contributed by atoms with van der Waals surface area (Å²) < 4.78 is 1.85. The van der Waals surface area contributed by atoms with E-state index in [1.807, 2.05) is 66.9 Å². The van der Waals surface area contributed by atoms with E-state index >= 15 is 0 Å². The van der Waals surface area contributed by atoms with E-state index in [-0.39, 0.29) is 12.1 Å². The minimum Gasteiger partial charge on any atom is -0.352 e. The second-order valence-corrected chi connectivity index (χ2v) is 7.30. The molecule has 1 aliphatic rings. The summed E-state index contributed by atoms with van der Waals surface area (Å²) in [5.41, 5.74) is 1.77. The Labute approximate surface area is 164 Å². The maximum Gasteiger partial charge on any atom is 0.317 e. The van der Waals surface area contributed by atoms with Gasteiger partial charge < -0.3 is 15.1 Å². The summed E-state index contributed by atoms with van der Waals surface area (Å²) >= 11 is 0. The van der Waals surface area contributed by atoms with Crippen LogP contribution in [0.3, 0.4) is 0 Å². The monoisotopic (exact) mass is 379 g/mol. The number of carbonyl (C=O) groups excluding carboxylic acids is 1. The summed E-state index contributed by atoms with van der Waals surface area (Å²) in [7, 11) is 0. The van der Waals surface area contributed by atoms with E-state index in [9.17, 15) is 4.79 Å². The molecule has 0 bridgehead atoms. The molecular weight excluding hydrogens is 354 g/mol. The topological polar surface area (TPSA) is 79.2 Å². The molecule has 146 valence electrons. The molecule has 0 unspecified atom stereocenters. The van der Waals surface area contributed by atoms with Crippen molar-refractivity contribution in [2.24, 2.45) is 0 Å². The molecule has 3 aromatic rings. The fraction of sp³-hybridized carbons (Fsp3) is 0.400. The van der Waals surface area contributed by atoms with Crippen LogP contribution < -0.4 is 10.2 Å². The highest BCUT2D eigenvalue weighted by Crippen LogP contribution is 2.26. The molecule has 0 aliphatic carbocycles. The van der Waals surface area contributed by atoms with Crippen LogP contribution in [0.2, 0.25) is 0 Å². The van der Waals surface area contributed by atoms with Crippen LogP contribution in [-0.4, -0.2) is 62.9 Å². The van der Waals surface area contributed by atoms with E-state index in [4.69, 9.17) is 4.98 Å². The molecule has 0 spiro atoms. The molecule has 2 aromatic heterocycles. The molecule has 1 saturated heterocycles. The Balaban J connectivity index is 1.60. The van der Waals surface area contributed by atoms with Crippen LogP contribution in [0.25, 0.3) is 16.7 Å². The van der Waals surface area contributed by atoms with Crippen LogP contribution in [0.5, 0.6) is 0 Å². The van der Waals surface area contributed by atoms with Crippen molar-refractivity contribution >= 4 is 22.9 Å². The molecule has 0 radical (unpaired) electrons. The molecule has 4 rings (SSSR count). The fourth-order valence-electron chi connectivity index (χ4n) is 3.46. The Morgan fingerprint density at radius 3 is 2.46 bits per heavy atom. The van der Waals surface area contributed by atoms with Gasteiger partial charge in [0.05, 0.1) is 17.3 Å². The fourth-order valence-corrected chi connectivity index (χ4v) is 3.46. The van der Waals surface area contributed by atoms with Gasteiger partial charge in [0.1, 0.15) is 11.6 Å². The van der Waals surface area contributed by atoms with Crippen LogP contribution >= 0.6 is 0 Å². The average Bonchev–Trinajstić information content (AvgIpc) is 3.11. The molecule has 1 aliphatic heterocycles. The Hall–Kier alpha value is -3.16. The van der Waals surface area contributed by atoms with Crippen LogP contribution in [0.4, 0.5) is 10.6 Å². The Bertz CT molecular complexity index is 975. The standard InChI is InChI=1S/C20H25N7O/c1-14(2)22-20(28)26-11-9-25(10-12-26)18-17-13-21-27(16-7-5-4-6-8-16)19(17)24-15(3)23-18/h4-8,13-14H,9-12H2,1-3H3,(H,22,28). The lowest BCUT2D eigenvalue weighted by atomic mass is 10.2. The Morgan fingerprint density at radius 2 is 1.79 bits per heavy atom. The zero-order valence-electron chi connectivity index (χ0n) is 16.5. The van der Waals surface area contributed by atoms with Crippen LogP contribution in [0.15, 0.2) is 36.5 Å². The van der Waals surface area contributed by atoms with Crippen LogP contribution in [-0.2, 0) is 0 Å². The molecule has 8 nitrogen and oxygen atoms in total. The normalized spacial score (nSPS) is 14.7. The number of amides is 2. The zero-order valence-corrected chi connectivity index (χ0v) is 16.5. The molecule has 28 heavy (non-hydrogen) atoms. The number of anilines is 1. The van der Waals surface area contributed by atoms with Gasteiger partial charge in [-0.25, -0.2) is 19.4 Å². The predicted octanol–water partition coefficient (Wildman–Crippen LogP) is 2.36. The van der Waals surface area contributed by atoms with Crippen LogP contribution in [0, 0.1) is 6.92 Å². The lowest BCUT2D eigenvalue weighted by Crippen LogP contribution is -2.53. The van der Waals surface area contributed by atoms with Gasteiger partial charge in [-0.05, 0) is 32.9 Å². The van der Waals surface area contributed by atoms with Crippen molar-refractivity contribution in [3.8, 4) is 5.69 Å². The summed E-state index contributed by atoms with van der Waals surface area (Å²) in [6.45, 7) is 8.63.